The monoisotopic (exact) mass is 275 g/mol. The van der Waals surface area contributed by atoms with E-state index in [1.165, 1.54) is 25.7 Å². The Bertz CT molecular complexity index is 183. The van der Waals surface area contributed by atoms with E-state index in [1.54, 1.807) is 0 Å². The zero-order chi connectivity index (χ0) is 13.4. The lowest BCUT2D eigenvalue weighted by molar-refractivity contribution is 0.698. The summed E-state index contributed by atoms with van der Waals surface area (Å²) in [6, 6.07) is 0. The van der Waals surface area contributed by atoms with Crippen molar-refractivity contribution in [2.24, 2.45) is 0 Å². The van der Waals surface area contributed by atoms with Crippen LogP contribution in [-0.2, 0) is 0 Å². The van der Waals surface area contributed by atoms with Crippen LogP contribution in [0.25, 0.3) is 0 Å². The lowest BCUT2D eigenvalue weighted by Gasteiger charge is -2.36. The minimum Gasteiger partial charge on any atom is -0.335 e. The van der Waals surface area contributed by atoms with Crippen LogP contribution >= 0.6 is 0 Å². The Hall–Kier alpha value is 0.314. The fraction of sp³-hybridized carbons (Fsp3) is 1.00. The van der Waals surface area contributed by atoms with Crippen LogP contribution in [0.15, 0.2) is 0 Å². The first-order chi connectivity index (χ1) is 7.83. The van der Waals surface area contributed by atoms with Crippen LogP contribution in [0, 0.1) is 0 Å². The van der Waals surface area contributed by atoms with Gasteiger partial charge in [-0.25, -0.2) is 0 Å². The van der Waals surface area contributed by atoms with Crippen LogP contribution in [0.5, 0.6) is 0 Å². The summed E-state index contributed by atoms with van der Waals surface area (Å²) in [5.41, 5.74) is 0. The van der Waals surface area contributed by atoms with Gasteiger partial charge in [-0.15, -0.1) is 0 Å². The standard InChI is InChI=1S/C12H33N3Si2/c1-7-9-11-13-17(6,14-12-10-8-2)15-16(3,4)5/h13-15H,7-12H2,1-6H3. The summed E-state index contributed by atoms with van der Waals surface area (Å²) in [6.45, 7) is 16.3. The molecule has 0 aliphatic rings. The Kier molecular flexibility index (Phi) is 8.58. The van der Waals surface area contributed by atoms with E-state index in [4.69, 9.17) is 0 Å². The predicted octanol–water partition coefficient (Wildman–Crippen LogP) is 2.76. The summed E-state index contributed by atoms with van der Waals surface area (Å²) in [5, 5.41) is 0. The fourth-order valence-corrected chi connectivity index (χ4v) is 10.1. The van der Waals surface area contributed by atoms with E-state index in [0.717, 1.165) is 13.1 Å². The molecule has 0 spiro atoms. The molecule has 3 N–H and O–H groups in total. The van der Waals surface area contributed by atoms with Crippen molar-refractivity contribution in [3.63, 3.8) is 0 Å². The highest BCUT2D eigenvalue weighted by Crippen LogP contribution is 2.01. The number of unbranched alkanes of at least 4 members (excludes halogenated alkanes) is 2. The summed E-state index contributed by atoms with van der Waals surface area (Å²) < 4.78 is 3.91. The fourth-order valence-electron chi connectivity index (χ4n) is 1.93. The molecule has 0 fully saturated rings. The first kappa shape index (κ1) is 17.3. The molecule has 17 heavy (non-hydrogen) atoms. The molecule has 0 aliphatic heterocycles. The third-order valence-electron chi connectivity index (χ3n) is 2.64. The molecule has 0 aromatic rings. The third kappa shape index (κ3) is 9.97. The Morgan fingerprint density at radius 3 is 1.47 bits per heavy atom. The van der Waals surface area contributed by atoms with Crippen molar-refractivity contribution in [1.29, 1.82) is 0 Å². The highest BCUT2D eigenvalue weighted by atomic mass is 28.4. The summed E-state index contributed by atoms with van der Waals surface area (Å²) in [7, 11) is -2.87. The van der Waals surface area contributed by atoms with Crippen LogP contribution in [0.1, 0.15) is 39.5 Å². The molecule has 0 aromatic heterocycles. The molecule has 0 bridgehead atoms. The summed E-state index contributed by atoms with van der Waals surface area (Å²) in [6.07, 6.45) is 5.07. The van der Waals surface area contributed by atoms with Gasteiger partial charge in [0, 0.05) is 0 Å². The molecule has 3 nitrogen and oxygen atoms in total. The van der Waals surface area contributed by atoms with E-state index >= 15 is 0 Å². The molecular formula is C12H33N3Si2. The Morgan fingerprint density at radius 1 is 0.765 bits per heavy atom. The molecule has 0 saturated heterocycles. The zero-order valence-electron chi connectivity index (χ0n) is 12.7. The van der Waals surface area contributed by atoms with Gasteiger partial charge in [0.25, 0.3) is 8.56 Å². The Labute approximate surface area is 110 Å². The lowest BCUT2D eigenvalue weighted by Crippen LogP contribution is -2.75. The van der Waals surface area contributed by atoms with Gasteiger partial charge in [0.2, 0.25) is 0 Å². The van der Waals surface area contributed by atoms with Gasteiger partial charge in [-0.2, -0.15) is 0 Å². The molecule has 0 aliphatic carbocycles. The molecule has 0 atom stereocenters. The predicted molar refractivity (Wildman–Crippen MR) is 83.9 cm³/mol. The van der Waals surface area contributed by atoms with Crippen LogP contribution in [-0.4, -0.2) is 29.9 Å². The topological polar surface area (TPSA) is 36.1 Å². The Balaban J connectivity index is 4.24. The maximum absolute atomic E-state index is 3.91. The smallest absolute Gasteiger partial charge is 0.271 e. The second-order valence-electron chi connectivity index (χ2n) is 6.06. The largest absolute Gasteiger partial charge is 0.335 e. The SMILES string of the molecule is CCCCN[Si](C)(NCCCC)N[Si](C)(C)C. The quantitative estimate of drug-likeness (QED) is 0.424. The third-order valence-corrected chi connectivity index (χ3v) is 9.56. The molecule has 0 aromatic carbocycles. The average Bonchev–Trinajstić information content (AvgIpc) is 2.15. The van der Waals surface area contributed by atoms with Crippen molar-refractivity contribution in [3.8, 4) is 0 Å². The molecule has 5 heteroatoms. The van der Waals surface area contributed by atoms with Gasteiger partial charge in [-0.05, 0) is 32.5 Å². The van der Waals surface area contributed by atoms with Crippen molar-refractivity contribution in [1.82, 2.24) is 14.6 Å². The summed E-state index contributed by atoms with van der Waals surface area (Å²) in [4.78, 5) is 7.53. The van der Waals surface area contributed by atoms with Crippen LogP contribution in [0.3, 0.4) is 0 Å². The second-order valence-corrected chi connectivity index (χ2v) is 14.5. The van der Waals surface area contributed by atoms with E-state index in [0.29, 0.717) is 0 Å². The van der Waals surface area contributed by atoms with Crippen molar-refractivity contribution in [3.05, 3.63) is 0 Å². The maximum atomic E-state index is 3.91. The van der Waals surface area contributed by atoms with Gasteiger partial charge in [0.15, 0.2) is 0 Å². The molecular weight excluding hydrogens is 242 g/mol. The first-order valence-corrected chi connectivity index (χ1v) is 13.1. The molecule has 0 unspecified atom stereocenters. The molecule has 0 rings (SSSR count). The van der Waals surface area contributed by atoms with Crippen molar-refractivity contribution in [2.45, 2.75) is 65.7 Å². The highest BCUT2D eigenvalue weighted by Gasteiger charge is 2.32. The highest BCUT2D eigenvalue weighted by molar-refractivity contribution is 6.88. The first-order valence-electron chi connectivity index (χ1n) is 7.12. The molecule has 0 amide bonds. The van der Waals surface area contributed by atoms with Crippen molar-refractivity contribution < 1.29 is 0 Å². The number of nitrogens with one attached hydrogen (secondary N) is 3. The van der Waals surface area contributed by atoms with Gasteiger partial charge in [0.05, 0.1) is 0 Å². The van der Waals surface area contributed by atoms with Gasteiger partial charge >= 0.3 is 0 Å². The van der Waals surface area contributed by atoms with Gasteiger partial charge < -0.3 is 14.6 Å². The number of rotatable bonds is 10. The minimum atomic E-state index is -1.65. The van der Waals surface area contributed by atoms with Crippen molar-refractivity contribution >= 4 is 16.8 Å². The van der Waals surface area contributed by atoms with E-state index < -0.39 is 16.8 Å². The van der Waals surface area contributed by atoms with Crippen molar-refractivity contribution in [2.75, 3.05) is 13.1 Å². The summed E-state index contributed by atoms with van der Waals surface area (Å²) >= 11 is 0. The normalized spacial score (nSPS) is 13.1. The van der Waals surface area contributed by atoms with Gasteiger partial charge in [-0.1, -0.05) is 46.3 Å². The minimum absolute atomic E-state index is 1.13. The average molecular weight is 276 g/mol. The Morgan fingerprint density at radius 2 is 1.18 bits per heavy atom. The summed E-state index contributed by atoms with van der Waals surface area (Å²) in [5.74, 6) is 0. The van der Waals surface area contributed by atoms with Crippen LogP contribution in [0.4, 0.5) is 0 Å². The number of hydrogen-bond acceptors (Lipinski definition) is 3. The number of hydrogen-bond donors (Lipinski definition) is 3. The van der Waals surface area contributed by atoms with E-state index in [-0.39, 0.29) is 0 Å². The van der Waals surface area contributed by atoms with Crippen LogP contribution < -0.4 is 14.6 Å². The molecule has 104 valence electrons. The van der Waals surface area contributed by atoms with Gasteiger partial charge in [-0.3, -0.25) is 0 Å². The zero-order valence-corrected chi connectivity index (χ0v) is 14.7. The second kappa shape index (κ2) is 8.42. The lowest BCUT2D eigenvalue weighted by atomic mass is 10.3. The molecule has 0 radical (unpaired) electrons. The van der Waals surface area contributed by atoms with E-state index in [1.807, 2.05) is 0 Å². The van der Waals surface area contributed by atoms with Gasteiger partial charge in [0.1, 0.15) is 8.24 Å². The molecule has 0 heterocycles. The molecule has 0 saturated carbocycles. The van der Waals surface area contributed by atoms with E-state index in [2.05, 4.69) is 54.6 Å². The van der Waals surface area contributed by atoms with E-state index in [9.17, 15) is 0 Å². The maximum Gasteiger partial charge on any atom is 0.271 e. The van der Waals surface area contributed by atoms with Crippen LogP contribution in [0.2, 0.25) is 26.2 Å².